The molecule has 1 aliphatic carbocycles. The van der Waals surface area contributed by atoms with Crippen LogP contribution >= 0.6 is 11.8 Å². The third-order valence-electron chi connectivity index (χ3n) is 4.85. The molecule has 0 fully saturated rings. The van der Waals surface area contributed by atoms with Gasteiger partial charge in [-0.3, -0.25) is 4.79 Å². The Labute approximate surface area is 177 Å². The van der Waals surface area contributed by atoms with Gasteiger partial charge in [0.25, 0.3) is 0 Å². The highest BCUT2D eigenvalue weighted by Crippen LogP contribution is 2.50. The normalized spacial score (nSPS) is 14.5. The third-order valence-corrected chi connectivity index (χ3v) is 5.62. The van der Waals surface area contributed by atoms with E-state index in [1.54, 1.807) is 20.3 Å². The molecular formula is C23H31NO4S. The summed E-state index contributed by atoms with van der Waals surface area (Å²) in [5, 5.41) is 0. The molecule has 5 nitrogen and oxygen atoms in total. The van der Waals surface area contributed by atoms with Gasteiger partial charge in [0.15, 0.2) is 16.9 Å². The molecule has 0 bridgehead atoms. The zero-order chi connectivity index (χ0) is 21.6. The third kappa shape index (κ3) is 4.54. The summed E-state index contributed by atoms with van der Waals surface area (Å²) in [6.45, 7) is 6.46. The highest BCUT2D eigenvalue weighted by molar-refractivity contribution is 7.98. The molecule has 2 aromatic carbocycles. The molecule has 1 atom stereocenters. The maximum Gasteiger partial charge on any atom is 0.203 e. The SMILES string of the molecule is CC.CCOc1cc2c(c(OC)c1OC)-c1ccc(SC)c(=O)cc1C(N)CC2. The van der Waals surface area contributed by atoms with Crippen LogP contribution in [0.3, 0.4) is 0 Å². The summed E-state index contributed by atoms with van der Waals surface area (Å²) in [6, 6.07) is 7.27. The lowest BCUT2D eigenvalue weighted by molar-refractivity contribution is 0.296. The molecule has 29 heavy (non-hydrogen) atoms. The number of nitrogens with two attached hydrogens (primary N) is 1. The van der Waals surface area contributed by atoms with Crippen molar-refractivity contribution < 1.29 is 14.2 Å². The van der Waals surface area contributed by atoms with E-state index in [9.17, 15) is 4.79 Å². The van der Waals surface area contributed by atoms with Crippen LogP contribution in [0.1, 0.15) is 44.4 Å². The monoisotopic (exact) mass is 417 g/mol. The van der Waals surface area contributed by atoms with Crippen LogP contribution in [-0.2, 0) is 6.42 Å². The number of fused-ring (bicyclic) bond motifs is 3. The van der Waals surface area contributed by atoms with Crippen LogP contribution in [0.2, 0.25) is 0 Å². The predicted octanol–water partition coefficient (Wildman–Crippen LogP) is 4.82. The van der Waals surface area contributed by atoms with E-state index in [1.807, 2.05) is 45.2 Å². The van der Waals surface area contributed by atoms with E-state index < -0.39 is 0 Å². The highest BCUT2D eigenvalue weighted by atomic mass is 32.2. The van der Waals surface area contributed by atoms with Gasteiger partial charge in [0, 0.05) is 11.6 Å². The van der Waals surface area contributed by atoms with Crippen molar-refractivity contribution >= 4 is 11.8 Å². The van der Waals surface area contributed by atoms with Gasteiger partial charge in [0.2, 0.25) is 5.75 Å². The number of hydrogen-bond donors (Lipinski definition) is 1. The quantitative estimate of drug-likeness (QED) is 0.703. The van der Waals surface area contributed by atoms with Crippen LogP contribution in [0.4, 0.5) is 0 Å². The van der Waals surface area contributed by atoms with Crippen LogP contribution in [0, 0.1) is 0 Å². The van der Waals surface area contributed by atoms with E-state index in [0.717, 1.165) is 35.1 Å². The lowest BCUT2D eigenvalue weighted by Crippen LogP contribution is -2.12. The minimum absolute atomic E-state index is 0.0143. The molecule has 3 rings (SSSR count). The van der Waals surface area contributed by atoms with E-state index in [1.165, 1.54) is 11.8 Å². The largest absolute Gasteiger partial charge is 0.492 e. The fourth-order valence-electron chi connectivity index (χ4n) is 3.61. The lowest BCUT2D eigenvalue weighted by atomic mass is 9.95. The maximum atomic E-state index is 12.6. The minimum Gasteiger partial charge on any atom is -0.492 e. The molecule has 0 heterocycles. The summed E-state index contributed by atoms with van der Waals surface area (Å²) in [4.78, 5) is 13.2. The lowest BCUT2D eigenvalue weighted by Gasteiger charge is -2.19. The van der Waals surface area contributed by atoms with Gasteiger partial charge in [-0.15, -0.1) is 11.8 Å². The summed E-state index contributed by atoms with van der Waals surface area (Å²) in [7, 11) is 3.22. The number of methoxy groups -OCH3 is 2. The molecule has 1 unspecified atom stereocenters. The van der Waals surface area contributed by atoms with Crippen molar-refractivity contribution in [1.82, 2.24) is 0 Å². The van der Waals surface area contributed by atoms with Gasteiger partial charge in [-0.1, -0.05) is 19.9 Å². The molecule has 158 valence electrons. The molecule has 1 aliphatic rings. The Bertz CT molecular complexity index is 914. The number of hydrogen-bond acceptors (Lipinski definition) is 6. The van der Waals surface area contributed by atoms with E-state index >= 15 is 0 Å². The first-order valence-electron chi connectivity index (χ1n) is 9.94. The summed E-state index contributed by atoms with van der Waals surface area (Å²) in [5.74, 6) is 1.82. The van der Waals surface area contributed by atoms with Crippen LogP contribution < -0.4 is 25.4 Å². The Morgan fingerprint density at radius 1 is 1.14 bits per heavy atom. The van der Waals surface area contributed by atoms with E-state index in [-0.39, 0.29) is 11.5 Å². The Morgan fingerprint density at radius 2 is 1.83 bits per heavy atom. The molecule has 0 amide bonds. The van der Waals surface area contributed by atoms with Crippen LogP contribution in [0.25, 0.3) is 11.1 Å². The van der Waals surface area contributed by atoms with Crippen molar-refractivity contribution in [2.45, 2.75) is 44.6 Å². The molecule has 2 aromatic rings. The van der Waals surface area contributed by atoms with Crippen molar-refractivity contribution in [2.24, 2.45) is 5.73 Å². The zero-order valence-electron chi connectivity index (χ0n) is 18.1. The van der Waals surface area contributed by atoms with Crippen molar-refractivity contribution in [2.75, 3.05) is 27.1 Å². The van der Waals surface area contributed by atoms with Crippen molar-refractivity contribution in [3.05, 3.63) is 45.6 Å². The molecular weight excluding hydrogens is 386 g/mol. The summed E-state index contributed by atoms with van der Waals surface area (Å²) in [6.07, 6.45) is 3.39. The van der Waals surface area contributed by atoms with E-state index in [4.69, 9.17) is 19.9 Å². The van der Waals surface area contributed by atoms with Gasteiger partial charge in [0.1, 0.15) is 0 Å². The Balaban J connectivity index is 0.00000145. The number of benzene rings is 1. The Morgan fingerprint density at radius 3 is 2.41 bits per heavy atom. The van der Waals surface area contributed by atoms with Crippen LogP contribution in [0.15, 0.2) is 34.0 Å². The Kier molecular flexibility index (Phi) is 8.41. The van der Waals surface area contributed by atoms with Gasteiger partial charge in [-0.2, -0.15) is 0 Å². The fraction of sp³-hybridized carbons (Fsp3) is 0.435. The second-order valence-corrected chi connectivity index (χ2v) is 7.18. The fourth-order valence-corrected chi connectivity index (χ4v) is 4.07. The molecule has 0 spiro atoms. The molecule has 6 heteroatoms. The Hall–Kier alpha value is -2.18. The second-order valence-electron chi connectivity index (χ2n) is 6.33. The van der Waals surface area contributed by atoms with Crippen molar-refractivity contribution in [1.29, 1.82) is 0 Å². The molecule has 0 saturated heterocycles. The van der Waals surface area contributed by atoms with E-state index in [2.05, 4.69) is 0 Å². The van der Waals surface area contributed by atoms with Crippen LogP contribution in [-0.4, -0.2) is 27.1 Å². The van der Waals surface area contributed by atoms with Gasteiger partial charge in [-0.05, 0) is 60.9 Å². The smallest absolute Gasteiger partial charge is 0.203 e. The first kappa shape index (κ1) is 23.1. The summed E-state index contributed by atoms with van der Waals surface area (Å²) in [5.41, 5.74) is 10.2. The highest BCUT2D eigenvalue weighted by Gasteiger charge is 2.27. The maximum absolute atomic E-state index is 12.6. The van der Waals surface area contributed by atoms with Crippen molar-refractivity contribution in [3.8, 4) is 28.4 Å². The van der Waals surface area contributed by atoms with Gasteiger partial charge in [-0.25, -0.2) is 0 Å². The standard InChI is InChI=1S/C21H25NO4S.C2H6/c1-5-26-17-10-12-6-8-15(22)14-11-16(23)18(27-4)9-7-13(14)19(12)21(25-3)20(17)24-2;1-2/h7,9-11,15H,5-6,8,22H2,1-4H3;1-2H3. The first-order chi connectivity index (χ1) is 14.0. The van der Waals surface area contributed by atoms with Gasteiger partial charge >= 0.3 is 0 Å². The molecule has 0 aliphatic heterocycles. The van der Waals surface area contributed by atoms with Crippen LogP contribution in [0.5, 0.6) is 17.2 Å². The zero-order valence-corrected chi connectivity index (χ0v) is 18.9. The number of ether oxygens (including phenoxy) is 3. The predicted molar refractivity (Wildman–Crippen MR) is 121 cm³/mol. The molecule has 0 saturated carbocycles. The van der Waals surface area contributed by atoms with Crippen molar-refractivity contribution in [3.63, 3.8) is 0 Å². The summed E-state index contributed by atoms with van der Waals surface area (Å²) < 4.78 is 17.1. The second kappa shape index (κ2) is 10.6. The topological polar surface area (TPSA) is 70.8 Å². The number of rotatable bonds is 5. The average Bonchev–Trinajstić information content (AvgIpc) is 2.98. The molecule has 2 N–H and O–H groups in total. The minimum atomic E-state index is -0.228. The molecule has 0 aromatic heterocycles. The molecule has 0 radical (unpaired) electrons. The average molecular weight is 418 g/mol. The number of aryl methyl sites for hydroxylation is 1. The first-order valence-corrected chi connectivity index (χ1v) is 11.2. The number of thioether (sulfide) groups is 1. The van der Waals surface area contributed by atoms with E-state index in [0.29, 0.717) is 28.8 Å². The summed E-state index contributed by atoms with van der Waals surface area (Å²) >= 11 is 1.43. The van der Waals surface area contributed by atoms with Gasteiger partial charge < -0.3 is 19.9 Å². The van der Waals surface area contributed by atoms with Gasteiger partial charge in [0.05, 0.1) is 25.7 Å².